The highest BCUT2D eigenvalue weighted by atomic mass is 79.9. The molecule has 1 N–H and O–H groups in total. The first kappa shape index (κ1) is 12.3. The van der Waals surface area contributed by atoms with Crippen molar-refractivity contribution in [1.82, 2.24) is 0 Å². The van der Waals surface area contributed by atoms with Crippen LogP contribution in [0.5, 0.6) is 0 Å². The number of rotatable bonds is 3. The topological polar surface area (TPSA) is 20.2 Å². The highest BCUT2D eigenvalue weighted by Gasteiger charge is 2.13. The van der Waals surface area contributed by atoms with Gasteiger partial charge in [-0.05, 0) is 47.5 Å². The fraction of sp³-hybridized carbons (Fsp3) is 0.333. The Balaban J connectivity index is 2.11. The second-order valence-corrected chi connectivity index (χ2v) is 7.04. The van der Waals surface area contributed by atoms with Crippen LogP contribution < -0.4 is 0 Å². The summed E-state index contributed by atoms with van der Waals surface area (Å²) in [6.45, 7) is 4.18. The Morgan fingerprint density at radius 3 is 2.62 bits per heavy atom. The molecule has 16 heavy (non-hydrogen) atoms. The van der Waals surface area contributed by atoms with Gasteiger partial charge in [-0.25, -0.2) is 0 Å². The molecule has 0 aromatic carbocycles. The van der Waals surface area contributed by atoms with E-state index in [1.807, 2.05) is 5.38 Å². The fourth-order valence-corrected chi connectivity index (χ4v) is 4.04. The van der Waals surface area contributed by atoms with Crippen molar-refractivity contribution in [2.24, 2.45) is 0 Å². The Kier molecular flexibility index (Phi) is 3.85. The van der Waals surface area contributed by atoms with Crippen LogP contribution in [0.4, 0.5) is 0 Å². The van der Waals surface area contributed by atoms with Crippen molar-refractivity contribution in [3.8, 4) is 0 Å². The summed E-state index contributed by atoms with van der Waals surface area (Å²) in [7, 11) is 0. The molecule has 0 saturated carbocycles. The van der Waals surface area contributed by atoms with Crippen LogP contribution >= 0.6 is 38.6 Å². The van der Waals surface area contributed by atoms with E-state index in [4.69, 9.17) is 0 Å². The lowest BCUT2D eigenvalue weighted by Gasteiger charge is -2.05. The van der Waals surface area contributed by atoms with Crippen molar-refractivity contribution in [2.75, 3.05) is 0 Å². The molecule has 0 aliphatic carbocycles. The van der Waals surface area contributed by atoms with Gasteiger partial charge in [0.15, 0.2) is 0 Å². The minimum absolute atomic E-state index is 0.372. The molecule has 1 unspecified atom stereocenters. The van der Waals surface area contributed by atoms with Crippen LogP contribution in [0.1, 0.15) is 26.3 Å². The molecule has 0 spiro atoms. The Labute approximate surface area is 112 Å². The zero-order valence-electron chi connectivity index (χ0n) is 9.16. The number of aliphatic hydroxyl groups excluding tert-OH is 1. The van der Waals surface area contributed by atoms with Gasteiger partial charge < -0.3 is 5.11 Å². The molecule has 0 fully saturated rings. The molecule has 4 heteroatoms. The third-order valence-electron chi connectivity index (χ3n) is 2.53. The summed E-state index contributed by atoms with van der Waals surface area (Å²) >= 11 is 6.80. The van der Waals surface area contributed by atoms with Crippen LogP contribution in [-0.2, 0) is 6.42 Å². The third-order valence-corrected chi connectivity index (χ3v) is 5.50. The summed E-state index contributed by atoms with van der Waals surface area (Å²) in [6, 6.07) is 4.16. The van der Waals surface area contributed by atoms with E-state index < -0.39 is 0 Å². The van der Waals surface area contributed by atoms with Crippen molar-refractivity contribution in [2.45, 2.75) is 26.4 Å². The first-order valence-corrected chi connectivity index (χ1v) is 7.53. The zero-order chi connectivity index (χ0) is 11.7. The van der Waals surface area contributed by atoms with Gasteiger partial charge in [-0.3, -0.25) is 0 Å². The molecule has 0 bridgehead atoms. The molecule has 0 saturated heterocycles. The molecule has 2 heterocycles. The molecule has 86 valence electrons. The molecular formula is C12H13BrOS2. The van der Waals surface area contributed by atoms with Gasteiger partial charge in [-0.2, -0.15) is 0 Å². The van der Waals surface area contributed by atoms with Gasteiger partial charge in [-0.1, -0.05) is 0 Å². The maximum atomic E-state index is 10.1. The lowest BCUT2D eigenvalue weighted by atomic mass is 10.1. The molecule has 1 nitrogen and oxygen atoms in total. The maximum absolute atomic E-state index is 10.1. The van der Waals surface area contributed by atoms with Gasteiger partial charge in [0.2, 0.25) is 0 Å². The van der Waals surface area contributed by atoms with E-state index in [0.717, 1.165) is 9.35 Å². The van der Waals surface area contributed by atoms with Crippen molar-refractivity contribution in [3.63, 3.8) is 0 Å². The molecule has 1 atom stereocenters. The molecule has 0 aliphatic rings. The van der Waals surface area contributed by atoms with Crippen molar-refractivity contribution in [1.29, 1.82) is 0 Å². The average Bonchev–Trinajstić information content (AvgIpc) is 2.75. The first-order chi connectivity index (χ1) is 7.56. The Bertz CT molecular complexity index is 467. The van der Waals surface area contributed by atoms with Gasteiger partial charge in [0.05, 0.1) is 6.10 Å². The number of aliphatic hydroxyl groups is 1. The van der Waals surface area contributed by atoms with E-state index in [0.29, 0.717) is 6.42 Å². The number of hydrogen-bond donors (Lipinski definition) is 1. The van der Waals surface area contributed by atoms with Gasteiger partial charge in [0, 0.05) is 30.9 Å². The van der Waals surface area contributed by atoms with Crippen molar-refractivity contribution >= 4 is 38.6 Å². The zero-order valence-corrected chi connectivity index (χ0v) is 12.4. The molecule has 0 radical (unpaired) electrons. The summed E-state index contributed by atoms with van der Waals surface area (Å²) in [6.07, 6.45) is 0.332. The molecule has 2 rings (SSSR count). The number of aryl methyl sites for hydroxylation is 2. The molecule has 2 aromatic heterocycles. The lowest BCUT2D eigenvalue weighted by Crippen LogP contribution is -1.97. The SMILES string of the molecule is Cc1cc(C(O)Cc2cc(Br)cs2)sc1C. The predicted octanol–water partition coefficient (Wildman–Crippen LogP) is 4.47. The van der Waals surface area contributed by atoms with E-state index in [2.05, 4.69) is 41.9 Å². The quantitative estimate of drug-likeness (QED) is 0.886. The number of hydrogen-bond acceptors (Lipinski definition) is 3. The van der Waals surface area contributed by atoms with Crippen LogP contribution in [0.25, 0.3) is 0 Å². The minimum atomic E-state index is -0.372. The summed E-state index contributed by atoms with van der Waals surface area (Å²) in [5.41, 5.74) is 1.27. The second kappa shape index (κ2) is 5.00. The largest absolute Gasteiger partial charge is 0.387 e. The lowest BCUT2D eigenvalue weighted by molar-refractivity contribution is 0.183. The number of halogens is 1. The summed E-state index contributed by atoms with van der Waals surface area (Å²) in [5.74, 6) is 0. The standard InChI is InChI=1S/C12H13BrOS2/c1-7-3-12(16-8(7)2)11(14)5-10-4-9(13)6-15-10/h3-4,6,11,14H,5H2,1-2H3. The monoisotopic (exact) mass is 316 g/mol. The predicted molar refractivity (Wildman–Crippen MR) is 74.5 cm³/mol. The van der Waals surface area contributed by atoms with Crippen LogP contribution in [0, 0.1) is 13.8 Å². The van der Waals surface area contributed by atoms with Gasteiger partial charge in [0.25, 0.3) is 0 Å². The number of thiophene rings is 2. The van der Waals surface area contributed by atoms with Crippen LogP contribution in [0.3, 0.4) is 0 Å². The van der Waals surface area contributed by atoms with E-state index in [1.165, 1.54) is 15.3 Å². The van der Waals surface area contributed by atoms with Crippen LogP contribution in [0.2, 0.25) is 0 Å². The third kappa shape index (κ3) is 2.74. The second-order valence-electron chi connectivity index (χ2n) is 3.84. The Morgan fingerprint density at radius 2 is 2.12 bits per heavy atom. The molecular weight excluding hydrogens is 304 g/mol. The average molecular weight is 317 g/mol. The van der Waals surface area contributed by atoms with Gasteiger partial charge in [-0.15, -0.1) is 22.7 Å². The van der Waals surface area contributed by atoms with E-state index in [-0.39, 0.29) is 6.10 Å². The van der Waals surface area contributed by atoms with Crippen LogP contribution in [0.15, 0.2) is 22.0 Å². The Hall–Kier alpha value is -0.160. The highest BCUT2D eigenvalue weighted by Crippen LogP contribution is 2.30. The highest BCUT2D eigenvalue weighted by molar-refractivity contribution is 9.10. The normalized spacial score (nSPS) is 13.0. The van der Waals surface area contributed by atoms with Crippen molar-refractivity contribution in [3.05, 3.63) is 42.2 Å². The molecule has 0 amide bonds. The molecule has 0 aliphatic heterocycles. The maximum Gasteiger partial charge on any atom is 0.0930 e. The van der Waals surface area contributed by atoms with E-state index >= 15 is 0 Å². The first-order valence-electron chi connectivity index (χ1n) is 5.04. The Morgan fingerprint density at radius 1 is 1.38 bits per heavy atom. The fourth-order valence-electron chi connectivity index (χ4n) is 1.52. The van der Waals surface area contributed by atoms with Crippen molar-refractivity contribution < 1.29 is 5.11 Å². The van der Waals surface area contributed by atoms with E-state index in [9.17, 15) is 5.11 Å². The van der Waals surface area contributed by atoms with Gasteiger partial charge in [0.1, 0.15) is 0 Å². The smallest absolute Gasteiger partial charge is 0.0930 e. The summed E-state index contributed by atoms with van der Waals surface area (Å²) < 4.78 is 1.10. The summed E-state index contributed by atoms with van der Waals surface area (Å²) in [5, 5.41) is 12.2. The van der Waals surface area contributed by atoms with E-state index in [1.54, 1.807) is 22.7 Å². The summed E-state index contributed by atoms with van der Waals surface area (Å²) in [4.78, 5) is 3.57. The van der Waals surface area contributed by atoms with Crippen LogP contribution in [-0.4, -0.2) is 5.11 Å². The molecule has 2 aromatic rings. The van der Waals surface area contributed by atoms with Gasteiger partial charge >= 0.3 is 0 Å². The minimum Gasteiger partial charge on any atom is -0.387 e.